The van der Waals surface area contributed by atoms with E-state index in [0.717, 1.165) is 26.2 Å². The van der Waals surface area contributed by atoms with Crippen LogP contribution in [0.1, 0.15) is 41.0 Å². The zero-order valence-electron chi connectivity index (χ0n) is 12.6. The molecule has 4 nitrogen and oxygen atoms in total. The largest absolute Gasteiger partial charge is 0.339 e. The van der Waals surface area contributed by atoms with Gasteiger partial charge in [-0.15, -0.1) is 0 Å². The van der Waals surface area contributed by atoms with Gasteiger partial charge in [-0.2, -0.15) is 0 Å². The van der Waals surface area contributed by atoms with Crippen molar-refractivity contribution in [1.29, 1.82) is 0 Å². The van der Waals surface area contributed by atoms with Crippen LogP contribution in [-0.2, 0) is 4.79 Å². The van der Waals surface area contributed by atoms with E-state index in [4.69, 9.17) is 0 Å². The van der Waals surface area contributed by atoms with E-state index in [-0.39, 0.29) is 11.4 Å². The van der Waals surface area contributed by atoms with Gasteiger partial charge in [-0.25, -0.2) is 0 Å². The Bertz CT molecular complexity index is 265. The zero-order valence-corrected chi connectivity index (χ0v) is 12.6. The summed E-state index contributed by atoms with van der Waals surface area (Å²) in [5.74, 6) is 0.230. The average molecular weight is 255 g/mol. The van der Waals surface area contributed by atoms with Crippen LogP contribution in [0, 0.1) is 0 Å². The molecule has 0 spiro atoms. The molecule has 1 atom stereocenters. The normalized spacial score (nSPS) is 19.9. The van der Waals surface area contributed by atoms with Crippen molar-refractivity contribution >= 4 is 5.91 Å². The molecule has 18 heavy (non-hydrogen) atoms. The lowest BCUT2D eigenvalue weighted by Crippen LogP contribution is -2.53. The van der Waals surface area contributed by atoms with Crippen molar-refractivity contribution in [2.24, 2.45) is 0 Å². The number of amides is 1. The van der Waals surface area contributed by atoms with E-state index in [1.807, 2.05) is 4.90 Å². The summed E-state index contributed by atoms with van der Waals surface area (Å²) >= 11 is 0. The average Bonchev–Trinajstić information content (AvgIpc) is 2.34. The number of carbonyl (C=O) groups is 1. The summed E-state index contributed by atoms with van der Waals surface area (Å²) in [6.45, 7) is 14.9. The van der Waals surface area contributed by atoms with Crippen LogP contribution in [0.2, 0.25) is 0 Å². The minimum absolute atomic E-state index is 0.00814. The third-order valence-corrected chi connectivity index (χ3v) is 3.65. The molecule has 1 fully saturated rings. The molecule has 1 unspecified atom stereocenters. The number of piperazine rings is 1. The van der Waals surface area contributed by atoms with Gasteiger partial charge >= 0.3 is 0 Å². The third-order valence-electron chi connectivity index (χ3n) is 3.65. The summed E-state index contributed by atoms with van der Waals surface area (Å²) in [6, 6.07) is 0.634. The van der Waals surface area contributed by atoms with Crippen molar-refractivity contribution < 1.29 is 4.79 Å². The Morgan fingerprint density at radius 2 is 1.78 bits per heavy atom. The molecule has 1 heterocycles. The standard InChI is InChI=1S/C14H29N3O/c1-6-12(2)16-7-9-17(10-8-16)13(18)11-15-14(3,4)5/h12,15H,6-11H2,1-5H3. The Labute approximate surface area is 112 Å². The lowest BCUT2D eigenvalue weighted by Gasteiger charge is -2.38. The van der Waals surface area contributed by atoms with Gasteiger partial charge in [0.25, 0.3) is 0 Å². The maximum Gasteiger partial charge on any atom is 0.236 e. The van der Waals surface area contributed by atoms with Crippen LogP contribution in [0.25, 0.3) is 0 Å². The van der Waals surface area contributed by atoms with Crippen molar-refractivity contribution in [1.82, 2.24) is 15.1 Å². The van der Waals surface area contributed by atoms with E-state index in [1.54, 1.807) is 0 Å². The van der Waals surface area contributed by atoms with Crippen LogP contribution in [0.3, 0.4) is 0 Å². The summed E-state index contributed by atoms with van der Waals surface area (Å²) in [7, 11) is 0. The topological polar surface area (TPSA) is 35.6 Å². The van der Waals surface area contributed by atoms with Gasteiger partial charge in [0.15, 0.2) is 0 Å². The molecule has 1 aliphatic rings. The van der Waals surface area contributed by atoms with E-state index in [0.29, 0.717) is 12.6 Å². The van der Waals surface area contributed by atoms with Crippen LogP contribution in [0.4, 0.5) is 0 Å². The fourth-order valence-electron chi connectivity index (χ4n) is 2.12. The van der Waals surface area contributed by atoms with Gasteiger partial charge in [0, 0.05) is 37.8 Å². The first kappa shape index (κ1) is 15.4. The molecule has 0 radical (unpaired) electrons. The van der Waals surface area contributed by atoms with Crippen molar-refractivity contribution in [3.05, 3.63) is 0 Å². The van der Waals surface area contributed by atoms with E-state index >= 15 is 0 Å². The van der Waals surface area contributed by atoms with Crippen LogP contribution in [-0.4, -0.2) is 60.0 Å². The highest BCUT2D eigenvalue weighted by atomic mass is 16.2. The van der Waals surface area contributed by atoms with Crippen LogP contribution < -0.4 is 5.32 Å². The molecule has 0 aliphatic carbocycles. The van der Waals surface area contributed by atoms with E-state index in [2.05, 4.69) is 44.8 Å². The highest BCUT2D eigenvalue weighted by molar-refractivity contribution is 5.78. The van der Waals surface area contributed by atoms with Gasteiger partial charge < -0.3 is 10.2 Å². The van der Waals surface area contributed by atoms with Gasteiger partial charge in [0.1, 0.15) is 0 Å². The summed E-state index contributed by atoms with van der Waals surface area (Å²) in [5.41, 5.74) is 0.00814. The molecule has 0 bridgehead atoms. The molecule has 106 valence electrons. The molecule has 1 aliphatic heterocycles. The Kier molecular flexibility index (Phi) is 5.60. The molecule has 1 rings (SSSR count). The summed E-state index contributed by atoms with van der Waals surface area (Å²) < 4.78 is 0. The third kappa shape index (κ3) is 4.94. The fraction of sp³-hybridized carbons (Fsp3) is 0.929. The monoisotopic (exact) mass is 255 g/mol. The van der Waals surface area contributed by atoms with Crippen LogP contribution >= 0.6 is 0 Å². The first-order valence-corrected chi connectivity index (χ1v) is 7.10. The molecule has 4 heteroatoms. The molecular formula is C14H29N3O. The summed E-state index contributed by atoms with van der Waals surface area (Å²) in [6.07, 6.45) is 1.18. The first-order chi connectivity index (χ1) is 8.33. The second-order valence-corrected chi connectivity index (χ2v) is 6.28. The van der Waals surface area contributed by atoms with Crippen molar-refractivity contribution in [2.45, 2.75) is 52.6 Å². The number of hydrogen-bond donors (Lipinski definition) is 1. The van der Waals surface area contributed by atoms with Gasteiger partial charge in [-0.3, -0.25) is 9.69 Å². The number of carbonyl (C=O) groups excluding carboxylic acids is 1. The minimum atomic E-state index is 0.00814. The first-order valence-electron chi connectivity index (χ1n) is 7.10. The van der Waals surface area contributed by atoms with Crippen molar-refractivity contribution in [3.8, 4) is 0 Å². The second kappa shape index (κ2) is 6.53. The Hall–Kier alpha value is -0.610. The van der Waals surface area contributed by atoms with E-state index < -0.39 is 0 Å². The molecule has 0 aromatic heterocycles. The molecule has 0 aromatic rings. The van der Waals surface area contributed by atoms with Crippen LogP contribution in [0.5, 0.6) is 0 Å². The lowest BCUT2D eigenvalue weighted by atomic mass is 10.1. The predicted octanol–water partition coefficient (Wildman–Crippen LogP) is 1.32. The van der Waals surface area contributed by atoms with Crippen LogP contribution in [0.15, 0.2) is 0 Å². The quantitative estimate of drug-likeness (QED) is 0.823. The number of rotatable bonds is 4. The number of nitrogens with one attached hydrogen (secondary N) is 1. The predicted molar refractivity (Wildman–Crippen MR) is 75.7 cm³/mol. The number of nitrogens with zero attached hydrogens (tertiary/aromatic N) is 2. The van der Waals surface area contributed by atoms with Gasteiger partial charge in [0.2, 0.25) is 5.91 Å². The smallest absolute Gasteiger partial charge is 0.236 e. The molecule has 0 saturated carbocycles. The second-order valence-electron chi connectivity index (χ2n) is 6.28. The molecular weight excluding hydrogens is 226 g/mol. The SMILES string of the molecule is CCC(C)N1CCN(C(=O)CNC(C)(C)C)CC1. The molecule has 1 amide bonds. The van der Waals surface area contributed by atoms with Crippen molar-refractivity contribution in [3.63, 3.8) is 0 Å². The van der Waals surface area contributed by atoms with E-state index in [1.165, 1.54) is 6.42 Å². The zero-order chi connectivity index (χ0) is 13.8. The maximum absolute atomic E-state index is 12.0. The fourth-order valence-corrected chi connectivity index (χ4v) is 2.12. The molecule has 1 saturated heterocycles. The Morgan fingerprint density at radius 1 is 1.22 bits per heavy atom. The summed E-state index contributed by atoms with van der Waals surface area (Å²) in [5, 5.41) is 3.26. The van der Waals surface area contributed by atoms with Gasteiger partial charge in [-0.05, 0) is 34.1 Å². The van der Waals surface area contributed by atoms with E-state index in [9.17, 15) is 4.79 Å². The highest BCUT2D eigenvalue weighted by Crippen LogP contribution is 2.09. The Balaban J connectivity index is 2.32. The maximum atomic E-state index is 12.0. The van der Waals surface area contributed by atoms with Gasteiger partial charge in [0.05, 0.1) is 6.54 Å². The van der Waals surface area contributed by atoms with Gasteiger partial charge in [-0.1, -0.05) is 6.92 Å². The number of hydrogen-bond acceptors (Lipinski definition) is 3. The Morgan fingerprint density at radius 3 is 2.22 bits per heavy atom. The molecule has 0 aromatic carbocycles. The lowest BCUT2D eigenvalue weighted by molar-refractivity contribution is -0.132. The summed E-state index contributed by atoms with van der Waals surface area (Å²) in [4.78, 5) is 16.5. The minimum Gasteiger partial charge on any atom is -0.339 e. The molecule has 1 N–H and O–H groups in total. The highest BCUT2D eigenvalue weighted by Gasteiger charge is 2.23. The van der Waals surface area contributed by atoms with Crippen molar-refractivity contribution in [2.75, 3.05) is 32.7 Å².